The number of primary amides is 1. The van der Waals surface area contributed by atoms with Crippen LogP contribution in [0.25, 0.3) is 5.69 Å². The van der Waals surface area contributed by atoms with Gasteiger partial charge in [0.15, 0.2) is 0 Å². The lowest BCUT2D eigenvalue weighted by Gasteiger charge is -2.39. The highest BCUT2D eigenvalue weighted by Gasteiger charge is 2.36. The van der Waals surface area contributed by atoms with Crippen LogP contribution in [0.4, 0.5) is 18.9 Å². The number of likely N-dealkylation sites (tertiary alicyclic amines) is 1. The molecule has 1 unspecified atom stereocenters. The van der Waals surface area contributed by atoms with E-state index in [1.54, 1.807) is 17.0 Å². The minimum Gasteiger partial charge on any atom is -0.367 e. The van der Waals surface area contributed by atoms with Crippen molar-refractivity contribution in [1.29, 1.82) is 0 Å². The summed E-state index contributed by atoms with van der Waals surface area (Å²) in [6, 6.07) is 5.87. The Balaban J connectivity index is 1.81. The molecule has 2 atom stereocenters. The average molecular weight is 544 g/mol. The lowest BCUT2D eigenvalue weighted by atomic mass is 9.98. The van der Waals surface area contributed by atoms with Gasteiger partial charge in [-0.2, -0.15) is 13.2 Å². The highest BCUT2D eigenvalue weighted by molar-refractivity contribution is 5.94. The summed E-state index contributed by atoms with van der Waals surface area (Å²) in [5.74, 6) is 5.04. The molecular weight excluding hydrogens is 511 g/mol. The molecule has 2 aliphatic rings. The number of nitrogens with two attached hydrogens (primary N) is 1. The molecule has 1 aromatic heterocycles. The molecule has 11 heteroatoms. The van der Waals surface area contributed by atoms with Gasteiger partial charge in [-0.1, -0.05) is 11.8 Å². The van der Waals surface area contributed by atoms with Gasteiger partial charge in [-0.3, -0.25) is 19.0 Å². The van der Waals surface area contributed by atoms with Crippen LogP contribution < -0.4 is 16.2 Å². The third kappa shape index (κ3) is 6.28. The van der Waals surface area contributed by atoms with E-state index in [9.17, 15) is 27.6 Å². The fourth-order valence-electron chi connectivity index (χ4n) is 5.05. The molecule has 4 rings (SSSR count). The molecule has 208 valence electrons. The van der Waals surface area contributed by atoms with Crippen molar-refractivity contribution in [3.63, 3.8) is 0 Å². The summed E-state index contributed by atoms with van der Waals surface area (Å²) >= 11 is 0. The monoisotopic (exact) mass is 543 g/mol. The number of rotatable bonds is 3. The Hall–Kier alpha value is -3.78. The second kappa shape index (κ2) is 11.1. The van der Waals surface area contributed by atoms with Gasteiger partial charge in [0.2, 0.25) is 5.91 Å². The maximum Gasteiger partial charge on any atom is 0.417 e. The Bertz CT molecular complexity index is 1390. The molecule has 0 aliphatic carbocycles. The minimum absolute atomic E-state index is 0.00137. The maximum atomic E-state index is 13.6. The van der Waals surface area contributed by atoms with Crippen molar-refractivity contribution in [2.75, 3.05) is 44.7 Å². The number of hydrogen-bond acceptors (Lipinski definition) is 5. The Morgan fingerprint density at radius 1 is 1.08 bits per heavy atom. The van der Waals surface area contributed by atoms with E-state index in [2.05, 4.69) is 28.6 Å². The molecule has 39 heavy (non-hydrogen) atoms. The van der Waals surface area contributed by atoms with Crippen LogP contribution in [-0.2, 0) is 11.0 Å². The molecule has 0 bridgehead atoms. The van der Waals surface area contributed by atoms with Gasteiger partial charge in [0.1, 0.15) is 0 Å². The third-order valence-corrected chi connectivity index (χ3v) is 7.45. The number of nitrogens with zero attached hydrogens (tertiary/aromatic N) is 4. The van der Waals surface area contributed by atoms with Gasteiger partial charge in [-0.05, 0) is 45.0 Å². The summed E-state index contributed by atoms with van der Waals surface area (Å²) in [6.07, 6.45) is -2.35. The molecule has 2 aliphatic heterocycles. The molecule has 0 spiro atoms. The number of pyridine rings is 1. The van der Waals surface area contributed by atoms with Crippen LogP contribution in [0.2, 0.25) is 0 Å². The summed E-state index contributed by atoms with van der Waals surface area (Å²) in [4.78, 5) is 42.8. The first-order valence-corrected chi connectivity index (χ1v) is 12.9. The van der Waals surface area contributed by atoms with Crippen molar-refractivity contribution in [3.05, 3.63) is 57.5 Å². The normalized spacial score (nSPS) is 20.4. The Morgan fingerprint density at radius 2 is 1.82 bits per heavy atom. The number of aromatic nitrogens is 1. The van der Waals surface area contributed by atoms with Gasteiger partial charge in [0.25, 0.3) is 11.5 Å². The van der Waals surface area contributed by atoms with Crippen molar-refractivity contribution in [1.82, 2.24) is 14.4 Å². The van der Waals surface area contributed by atoms with Crippen LogP contribution in [0.1, 0.15) is 48.2 Å². The largest absolute Gasteiger partial charge is 0.417 e. The lowest BCUT2D eigenvalue weighted by Crippen LogP contribution is -2.50. The van der Waals surface area contributed by atoms with Crippen molar-refractivity contribution in [3.8, 4) is 17.5 Å². The highest BCUT2D eigenvalue weighted by Crippen LogP contribution is 2.33. The topological polar surface area (TPSA) is 91.9 Å². The van der Waals surface area contributed by atoms with Gasteiger partial charge in [-0.25, -0.2) is 0 Å². The molecule has 2 amide bonds. The number of amides is 2. The Labute approximate surface area is 225 Å². The molecule has 3 heterocycles. The smallest absolute Gasteiger partial charge is 0.367 e. The number of piperidine rings is 1. The van der Waals surface area contributed by atoms with Crippen molar-refractivity contribution < 1.29 is 22.8 Å². The molecular formula is C28H32F3N5O3. The standard InChI is InChI=1S/C28H32F3N5O3/c1-18-15-35(12-11-33(18)3)24-9-8-20(6-7-21-5-4-10-34(16-21)19(2)37)13-25(24)36-17-22(27(32)39)23(14-26(36)38)28(29,30)31/h8-9,13-14,17-18,21H,4-5,10-12,15-16H2,1-3H3,(H2,32,39)/t18-,21?/m0/s1. The van der Waals surface area contributed by atoms with Crippen LogP contribution in [0, 0.1) is 17.8 Å². The number of alkyl halides is 3. The van der Waals surface area contributed by atoms with E-state index in [0.717, 1.165) is 30.2 Å². The number of piperazine rings is 1. The highest BCUT2D eigenvalue weighted by atomic mass is 19.4. The van der Waals surface area contributed by atoms with Gasteiger partial charge >= 0.3 is 6.18 Å². The summed E-state index contributed by atoms with van der Waals surface area (Å²) in [5.41, 5.74) is 3.71. The molecule has 0 saturated carbocycles. The van der Waals surface area contributed by atoms with Gasteiger partial charge < -0.3 is 20.4 Å². The quantitative estimate of drug-likeness (QED) is 0.602. The lowest BCUT2D eigenvalue weighted by molar-refractivity contribution is -0.138. The summed E-state index contributed by atoms with van der Waals surface area (Å²) in [7, 11) is 2.01. The SMILES string of the molecule is CC(=O)N1CCCC(C#Cc2ccc(N3CCN(C)[C@@H](C)C3)c(-n3cc(C(N)=O)c(C(F)(F)F)cc3=O)c2)C1. The van der Waals surface area contributed by atoms with Crippen molar-refractivity contribution in [2.24, 2.45) is 11.7 Å². The summed E-state index contributed by atoms with van der Waals surface area (Å²) in [6.45, 7) is 6.86. The van der Waals surface area contributed by atoms with Crippen molar-refractivity contribution >= 4 is 17.5 Å². The Morgan fingerprint density at radius 3 is 2.46 bits per heavy atom. The fraction of sp³-hybridized carbons (Fsp3) is 0.464. The number of hydrogen-bond donors (Lipinski definition) is 1. The number of benzene rings is 1. The summed E-state index contributed by atoms with van der Waals surface area (Å²) in [5, 5.41) is 0. The molecule has 2 saturated heterocycles. The zero-order valence-electron chi connectivity index (χ0n) is 22.2. The first-order chi connectivity index (χ1) is 18.3. The van der Waals surface area contributed by atoms with Crippen LogP contribution in [0.15, 0.2) is 35.3 Å². The molecule has 2 fully saturated rings. The zero-order valence-corrected chi connectivity index (χ0v) is 22.2. The molecule has 1 aromatic carbocycles. The van der Waals surface area contributed by atoms with Gasteiger partial charge in [0, 0.05) is 69.4 Å². The van der Waals surface area contributed by atoms with Gasteiger partial charge in [-0.15, -0.1) is 0 Å². The molecule has 2 N–H and O–H groups in total. The third-order valence-electron chi connectivity index (χ3n) is 7.45. The van der Waals surface area contributed by atoms with E-state index in [0.29, 0.717) is 49.2 Å². The van der Waals surface area contributed by atoms with Crippen LogP contribution in [0.5, 0.6) is 0 Å². The first kappa shape index (κ1) is 28.2. The van der Waals surface area contributed by atoms with Crippen molar-refractivity contribution in [2.45, 2.75) is 38.9 Å². The van der Waals surface area contributed by atoms with Crippen LogP contribution in [-0.4, -0.2) is 72.0 Å². The zero-order chi connectivity index (χ0) is 28.5. The number of halogens is 3. The van der Waals surface area contributed by atoms with E-state index in [-0.39, 0.29) is 17.9 Å². The van der Waals surface area contributed by atoms with Crippen LogP contribution >= 0.6 is 0 Å². The van der Waals surface area contributed by atoms with Gasteiger partial charge in [0.05, 0.1) is 22.5 Å². The van der Waals surface area contributed by atoms with E-state index in [1.807, 2.05) is 13.1 Å². The second-order valence-corrected chi connectivity index (χ2v) is 10.2. The first-order valence-electron chi connectivity index (χ1n) is 12.9. The minimum atomic E-state index is -4.92. The predicted octanol–water partition coefficient (Wildman–Crippen LogP) is 2.71. The van der Waals surface area contributed by atoms with E-state index in [4.69, 9.17) is 5.73 Å². The number of carbonyl (C=O) groups is 2. The molecule has 8 nitrogen and oxygen atoms in total. The van der Waals surface area contributed by atoms with E-state index in [1.165, 1.54) is 6.92 Å². The van der Waals surface area contributed by atoms with E-state index >= 15 is 0 Å². The summed E-state index contributed by atoms with van der Waals surface area (Å²) < 4.78 is 41.8. The Kier molecular flexibility index (Phi) is 8.07. The predicted molar refractivity (Wildman–Crippen MR) is 142 cm³/mol. The van der Waals surface area contributed by atoms with Crippen LogP contribution in [0.3, 0.4) is 0 Å². The molecule has 2 aromatic rings. The second-order valence-electron chi connectivity index (χ2n) is 10.2. The fourth-order valence-corrected chi connectivity index (χ4v) is 5.05. The maximum absolute atomic E-state index is 13.6. The average Bonchev–Trinajstić information content (AvgIpc) is 2.88. The number of anilines is 1. The molecule has 0 radical (unpaired) electrons. The number of likely N-dealkylation sites (N-methyl/N-ethyl adjacent to an activating group) is 1. The van der Waals surface area contributed by atoms with E-state index < -0.39 is 28.8 Å². The number of carbonyl (C=O) groups excluding carboxylic acids is 2.